The zero-order valence-electron chi connectivity index (χ0n) is 38.5. The van der Waals surface area contributed by atoms with Crippen molar-refractivity contribution in [3.05, 3.63) is 82.9 Å². The minimum absolute atomic E-state index is 0.0205. The van der Waals surface area contributed by atoms with Gasteiger partial charge in [0.15, 0.2) is 5.75 Å². The number of phenolic OH excluding ortho intramolecular Hbond substituents is 3. The molecule has 66 heavy (non-hydrogen) atoms. The number of hydrazone groups is 1. The van der Waals surface area contributed by atoms with Crippen molar-refractivity contribution in [1.29, 1.82) is 0 Å². The van der Waals surface area contributed by atoms with E-state index in [9.17, 15) is 44.7 Å². The van der Waals surface area contributed by atoms with Crippen molar-refractivity contribution >= 4 is 46.2 Å². The second-order valence-electron chi connectivity index (χ2n) is 17.3. The third-order valence-electron chi connectivity index (χ3n) is 12.9. The maximum atomic E-state index is 14.6. The Morgan fingerprint density at radius 2 is 1.59 bits per heavy atom. The highest BCUT2D eigenvalue weighted by Gasteiger charge is 2.50. The minimum atomic E-state index is -2.09. The van der Waals surface area contributed by atoms with Crippen LogP contribution in [0.15, 0.2) is 65.8 Å². The first-order valence-electron chi connectivity index (χ1n) is 21.8. The lowest BCUT2D eigenvalue weighted by molar-refractivity contribution is -0.160. The number of aromatic hydroxyl groups is 3. The Balaban J connectivity index is 1.46. The van der Waals surface area contributed by atoms with Crippen LogP contribution in [0.25, 0.3) is 10.8 Å². The van der Waals surface area contributed by atoms with Gasteiger partial charge in [-0.1, -0.05) is 45.9 Å². The summed E-state index contributed by atoms with van der Waals surface area (Å²) in [6.45, 7) is 13.6. The van der Waals surface area contributed by atoms with Gasteiger partial charge in [0.1, 0.15) is 23.4 Å². The maximum absolute atomic E-state index is 14.6. The molecular formula is C48H59N5O13. The Hall–Kier alpha value is -6.50. The number of hydrogen-bond acceptors (Lipinski definition) is 16. The highest BCUT2D eigenvalue weighted by Crippen LogP contribution is 2.55. The van der Waals surface area contributed by atoms with Crippen LogP contribution in [-0.2, 0) is 23.8 Å². The molecule has 3 aromatic rings. The van der Waals surface area contributed by atoms with Gasteiger partial charge in [0, 0.05) is 92.2 Å². The van der Waals surface area contributed by atoms with Crippen LogP contribution in [-0.4, -0.2) is 134 Å². The number of phenols is 3. The summed E-state index contributed by atoms with van der Waals surface area (Å²) >= 11 is 0. The van der Waals surface area contributed by atoms with Gasteiger partial charge in [-0.15, -0.1) is 0 Å². The number of nitrogens with one attached hydrogen (secondary N) is 1. The topological polar surface area (TPSA) is 250 Å². The van der Waals surface area contributed by atoms with Gasteiger partial charge in [0.05, 0.1) is 66.1 Å². The molecule has 4 aliphatic heterocycles. The van der Waals surface area contributed by atoms with Crippen molar-refractivity contribution in [2.24, 2.45) is 28.8 Å². The SMILES string of the molecule is CO[C@H]1/C=C/O[C@@]2(C)Oc3c(C)c(O)c4c(O)c(c(/C=N/N5CCN(C(=O)c6ccncc6)CC5)c(O)c4c3C2=O)NC(=O)/C(C)=C\C=C\[C@H](C)[C@H](O)[C@@H](C)[C@@H](O)[C@@H](C)[C@H](OC(C)=O)[C@@H]1C. The predicted octanol–water partition coefficient (Wildman–Crippen LogP) is 4.94. The fourth-order valence-electron chi connectivity index (χ4n) is 8.70. The van der Waals surface area contributed by atoms with Crippen LogP contribution in [0.1, 0.15) is 80.3 Å². The van der Waals surface area contributed by atoms with E-state index in [1.165, 1.54) is 71.8 Å². The number of aromatic nitrogens is 1. The van der Waals surface area contributed by atoms with Crippen LogP contribution < -0.4 is 10.1 Å². The number of piperazine rings is 1. The predicted molar refractivity (Wildman–Crippen MR) is 243 cm³/mol. The van der Waals surface area contributed by atoms with Crippen molar-refractivity contribution < 1.29 is 63.7 Å². The number of ketones is 1. The molecule has 5 heterocycles. The number of hydrogen-bond donors (Lipinski definition) is 6. The summed E-state index contributed by atoms with van der Waals surface area (Å²) < 4.78 is 23.7. The monoisotopic (exact) mass is 913 g/mol. The molecule has 7 rings (SSSR count). The fourth-order valence-corrected chi connectivity index (χ4v) is 8.70. The Morgan fingerprint density at radius 3 is 2.23 bits per heavy atom. The standard InChI is InChI=1S/C48H59N5O13/c1-24-11-10-12-25(2)46(61)51-37-32(23-50-53-20-18-52(19-21-53)47(62)31-13-16-49-17-14-31)41(58)34-35(42(37)59)40(57)29(6)44-36(34)45(60)48(8,66-44)64-22-15-33(63-9)26(3)43(65-30(7)54)28(5)39(56)27(4)38(24)55/h10-17,22-24,26-28,33,38-39,43,55-59H,18-21H2,1-9H3,(H,51,61)/b11-10+,22-15+,25-12-,50-23+/t24-,26+,27+,28+,33-,38-,39+,43+,48-/m0/s1. The molecule has 0 unspecified atom stereocenters. The molecule has 1 saturated heterocycles. The molecule has 6 N–H and O–H groups in total. The van der Waals surface area contributed by atoms with E-state index < -0.39 is 88.8 Å². The summed E-state index contributed by atoms with van der Waals surface area (Å²) in [4.78, 5) is 59.6. The molecule has 5 bridgehead atoms. The minimum Gasteiger partial charge on any atom is -0.507 e. The molecule has 18 nitrogen and oxygen atoms in total. The average molecular weight is 914 g/mol. The lowest BCUT2D eigenvalue weighted by Gasteiger charge is -2.38. The van der Waals surface area contributed by atoms with E-state index in [0.29, 0.717) is 18.7 Å². The van der Waals surface area contributed by atoms with Gasteiger partial charge >= 0.3 is 11.8 Å². The molecule has 4 aliphatic rings. The smallest absolute Gasteiger partial charge is 0.312 e. The number of aliphatic hydroxyl groups excluding tert-OH is 2. The summed E-state index contributed by atoms with van der Waals surface area (Å²) in [5, 5.41) is 67.1. The van der Waals surface area contributed by atoms with E-state index in [1.807, 2.05) is 0 Å². The van der Waals surface area contributed by atoms with E-state index in [2.05, 4.69) is 15.4 Å². The number of benzene rings is 2. The van der Waals surface area contributed by atoms with Crippen LogP contribution in [0.3, 0.4) is 0 Å². The number of amides is 2. The molecule has 2 aromatic carbocycles. The second-order valence-corrected chi connectivity index (χ2v) is 17.3. The molecule has 0 aliphatic carbocycles. The lowest BCUT2D eigenvalue weighted by atomic mass is 9.78. The average Bonchev–Trinajstić information content (AvgIpc) is 3.57. The summed E-state index contributed by atoms with van der Waals surface area (Å²) in [5.74, 6) is -8.98. The number of aliphatic hydroxyl groups is 2. The van der Waals surface area contributed by atoms with Crippen molar-refractivity contribution in [1.82, 2.24) is 14.9 Å². The van der Waals surface area contributed by atoms with E-state index in [1.54, 1.807) is 61.9 Å². The Labute approximate surface area is 382 Å². The number of rotatable bonds is 5. The Morgan fingerprint density at radius 1 is 0.924 bits per heavy atom. The zero-order chi connectivity index (χ0) is 48.4. The molecule has 0 saturated carbocycles. The number of Topliss-reactive ketones (excluding diaryl/α,β-unsaturated/α-hetero) is 1. The molecular weight excluding hydrogens is 855 g/mol. The molecule has 0 spiro atoms. The number of pyridine rings is 1. The largest absolute Gasteiger partial charge is 0.507 e. The normalized spacial score (nSPS) is 29.5. The van der Waals surface area contributed by atoms with E-state index >= 15 is 0 Å². The van der Waals surface area contributed by atoms with Crippen molar-refractivity contribution in [2.75, 3.05) is 38.6 Å². The van der Waals surface area contributed by atoms with Crippen molar-refractivity contribution in [2.45, 2.75) is 85.6 Å². The lowest BCUT2D eigenvalue weighted by Crippen LogP contribution is -2.46. The summed E-state index contributed by atoms with van der Waals surface area (Å²) in [6.07, 6.45) is 7.65. The van der Waals surface area contributed by atoms with Gasteiger partial charge in [-0.25, -0.2) is 0 Å². The summed E-state index contributed by atoms with van der Waals surface area (Å²) in [5.41, 5.74) is -0.137. The first-order valence-corrected chi connectivity index (χ1v) is 21.8. The number of nitrogens with zero attached hydrogens (tertiary/aromatic N) is 4. The quantitative estimate of drug-likeness (QED) is 0.0859. The Kier molecular flexibility index (Phi) is 14.8. The number of fused-ring (bicyclic) bond motifs is 14. The van der Waals surface area contributed by atoms with Crippen LogP contribution in [0.2, 0.25) is 0 Å². The van der Waals surface area contributed by atoms with E-state index in [-0.39, 0.29) is 63.5 Å². The maximum Gasteiger partial charge on any atom is 0.312 e. The first kappa shape index (κ1) is 48.9. The van der Waals surface area contributed by atoms with E-state index in [4.69, 9.17) is 18.9 Å². The summed E-state index contributed by atoms with van der Waals surface area (Å²) in [7, 11) is 1.42. The molecule has 18 heteroatoms. The number of carbonyl (C=O) groups excluding carboxylic acids is 4. The number of ether oxygens (including phenoxy) is 4. The van der Waals surface area contributed by atoms with E-state index in [0.717, 1.165) is 0 Å². The van der Waals surface area contributed by atoms with Crippen LogP contribution in [0.5, 0.6) is 23.0 Å². The summed E-state index contributed by atoms with van der Waals surface area (Å²) in [6, 6.07) is 3.25. The van der Waals surface area contributed by atoms with Gasteiger partial charge in [-0.3, -0.25) is 29.2 Å². The molecule has 354 valence electrons. The van der Waals surface area contributed by atoms with Crippen LogP contribution in [0, 0.1) is 30.6 Å². The van der Waals surface area contributed by atoms with Crippen molar-refractivity contribution in [3.63, 3.8) is 0 Å². The second kappa shape index (κ2) is 19.9. The first-order chi connectivity index (χ1) is 31.2. The van der Waals surface area contributed by atoms with Gasteiger partial charge in [0.2, 0.25) is 0 Å². The molecule has 1 fully saturated rings. The van der Waals surface area contributed by atoms with Crippen molar-refractivity contribution in [3.8, 4) is 23.0 Å². The molecule has 9 atom stereocenters. The van der Waals surface area contributed by atoms with Gasteiger partial charge in [-0.05, 0) is 32.1 Å². The number of methoxy groups -OCH3 is 1. The third-order valence-corrected chi connectivity index (χ3v) is 12.9. The molecule has 1 aromatic heterocycles. The van der Waals surface area contributed by atoms with Gasteiger partial charge < -0.3 is 54.7 Å². The number of carbonyl (C=O) groups is 4. The van der Waals surface area contributed by atoms with Crippen LogP contribution >= 0.6 is 0 Å². The third kappa shape index (κ3) is 9.57. The van der Waals surface area contributed by atoms with Gasteiger partial charge in [0.25, 0.3) is 17.6 Å². The number of anilines is 1. The van der Waals surface area contributed by atoms with Crippen LogP contribution in [0.4, 0.5) is 5.69 Å². The molecule has 0 radical (unpaired) electrons. The number of allylic oxidation sites excluding steroid dienone is 2. The Bertz CT molecular complexity index is 2480. The van der Waals surface area contributed by atoms with Gasteiger partial charge in [-0.2, -0.15) is 5.10 Å². The zero-order valence-corrected chi connectivity index (χ0v) is 38.5. The highest BCUT2D eigenvalue weighted by molar-refractivity contribution is 6.24. The fraction of sp³-hybridized carbons (Fsp3) is 0.458. The highest BCUT2D eigenvalue weighted by atomic mass is 16.7. The molecule has 2 amide bonds. The number of esters is 1.